The molecule has 23 heavy (non-hydrogen) atoms. The Morgan fingerprint density at radius 2 is 2.09 bits per heavy atom. The highest BCUT2D eigenvalue weighted by molar-refractivity contribution is 5.65. The Labute approximate surface area is 135 Å². The van der Waals surface area contributed by atoms with Crippen molar-refractivity contribution >= 4 is 0 Å². The molecule has 2 atom stereocenters. The summed E-state index contributed by atoms with van der Waals surface area (Å²) in [5, 5.41) is 10.0. The first kappa shape index (κ1) is 15.6. The number of fused-ring (bicyclic) bond motifs is 1. The zero-order valence-electron chi connectivity index (χ0n) is 13.6. The van der Waals surface area contributed by atoms with Crippen LogP contribution < -0.4 is 10.2 Å². The Morgan fingerprint density at radius 3 is 2.70 bits per heavy atom. The van der Waals surface area contributed by atoms with E-state index in [2.05, 4.69) is 4.98 Å². The van der Waals surface area contributed by atoms with Crippen LogP contribution in [-0.2, 0) is 5.41 Å². The third-order valence-electron chi connectivity index (χ3n) is 4.71. The molecule has 1 aromatic carbocycles. The second kappa shape index (κ2) is 5.70. The van der Waals surface area contributed by atoms with Crippen LogP contribution in [0.1, 0.15) is 26.3 Å². The molecule has 0 unspecified atom stereocenters. The van der Waals surface area contributed by atoms with Gasteiger partial charge in [-0.15, -0.1) is 0 Å². The number of benzene rings is 1. The molecule has 0 aliphatic carbocycles. The van der Waals surface area contributed by atoms with E-state index in [0.29, 0.717) is 17.0 Å². The quantitative estimate of drug-likeness (QED) is 0.857. The van der Waals surface area contributed by atoms with Crippen molar-refractivity contribution in [3.8, 4) is 17.0 Å². The summed E-state index contributed by atoms with van der Waals surface area (Å²) in [4.78, 5) is 16.2. The van der Waals surface area contributed by atoms with Crippen molar-refractivity contribution in [2.75, 3.05) is 6.61 Å². The highest BCUT2D eigenvalue weighted by atomic mass is 16.5. The molecule has 4 heteroatoms. The maximum absolute atomic E-state index is 13.1. The van der Waals surface area contributed by atoms with Gasteiger partial charge in [0.15, 0.2) is 11.3 Å². The molecular weight excluding hydrogens is 290 g/mol. The normalized spacial score (nSPS) is 23.5. The summed E-state index contributed by atoms with van der Waals surface area (Å²) in [6.45, 7) is 5.60. The molecule has 0 radical (unpaired) electrons. The molecule has 4 nitrogen and oxygen atoms in total. The van der Waals surface area contributed by atoms with Gasteiger partial charge in [0.1, 0.15) is 6.10 Å². The Balaban J connectivity index is 2.21. The number of aliphatic hydroxyl groups excluding tert-OH is 1. The predicted molar refractivity (Wildman–Crippen MR) is 90.8 cm³/mol. The molecule has 3 rings (SSSR count). The molecule has 2 N–H and O–H groups in total. The summed E-state index contributed by atoms with van der Waals surface area (Å²) in [6.07, 6.45) is 3.29. The molecule has 0 saturated carbocycles. The Kier molecular flexibility index (Phi) is 3.86. The summed E-state index contributed by atoms with van der Waals surface area (Å²) < 4.78 is 5.95. The van der Waals surface area contributed by atoms with Crippen LogP contribution in [0.3, 0.4) is 0 Å². The number of nitrogens with one attached hydrogen (secondary N) is 1. The summed E-state index contributed by atoms with van der Waals surface area (Å²) in [5.41, 5.74) is 2.10. The van der Waals surface area contributed by atoms with E-state index in [9.17, 15) is 9.90 Å². The van der Waals surface area contributed by atoms with Crippen LogP contribution >= 0.6 is 0 Å². The fourth-order valence-electron chi connectivity index (χ4n) is 3.24. The number of aromatic nitrogens is 1. The van der Waals surface area contributed by atoms with E-state index in [1.807, 2.05) is 57.2 Å². The van der Waals surface area contributed by atoms with Gasteiger partial charge in [0.25, 0.3) is 0 Å². The van der Waals surface area contributed by atoms with Crippen molar-refractivity contribution in [1.29, 1.82) is 0 Å². The summed E-state index contributed by atoms with van der Waals surface area (Å²) in [7, 11) is 0. The molecule has 1 aliphatic heterocycles. The lowest BCUT2D eigenvalue weighted by Gasteiger charge is -2.28. The minimum absolute atomic E-state index is 0.0899. The predicted octanol–water partition coefficient (Wildman–Crippen LogP) is 3.02. The van der Waals surface area contributed by atoms with E-state index in [-0.39, 0.29) is 18.1 Å². The smallest absolute Gasteiger partial charge is 0.199 e. The molecule has 120 valence electrons. The fraction of sp³-hybridized carbons (Fsp3) is 0.316. The van der Waals surface area contributed by atoms with Gasteiger partial charge in [-0.3, -0.25) is 4.79 Å². The average Bonchev–Trinajstić information content (AvgIpc) is 2.89. The molecule has 0 bridgehead atoms. The second-order valence-corrected chi connectivity index (χ2v) is 6.21. The van der Waals surface area contributed by atoms with Crippen molar-refractivity contribution < 1.29 is 9.84 Å². The number of hydrogen-bond acceptors (Lipinski definition) is 3. The van der Waals surface area contributed by atoms with Gasteiger partial charge in [-0.05, 0) is 31.9 Å². The maximum Gasteiger partial charge on any atom is 0.199 e. The van der Waals surface area contributed by atoms with Gasteiger partial charge < -0.3 is 14.8 Å². The molecule has 0 spiro atoms. The van der Waals surface area contributed by atoms with E-state index >= 15 is 0 Å². The number of rotatable bonds is 3. The minimum Gasteiger partial charge on any atom is -0.470 e. The van der Waals surface area contributed by atoms with Crippen LogP contribution in [0.15, 0.2) is 53.0 Å². The third-order valence-corrected chi connectivity index (χ3v) is 4.71. The molecule has 2 aromatic rings. The van der Waals surface area contributed by atoms with E-state index in [1.54, 1.807) is 6.20 Å². The molecule has 0 saturated heterocycles. The van der Waals surface area contributed by atoms with Gasteiger partial charge in [0, 0.05) is 11.8 Å². The first-order chi connectivity index (χ1) is 11.0. The number of aromatic amines is 1. The van der Waals surface area contributed by atoms with Crippen molar-refractivity contribution in [1.82, 2.24) is 4.98 Å². The average molecular weight is 311 g/mol. The lowest BCUT2D eigenvalue weighted by Crippen LogP contribution is -2.42. The SMILES string of the molecule is C/C=C(\C)[C@@H]1Oc2[nH]cc(-c3ccccc3)c(=O)c2[C@]1(C)CO. The van der Waals surface area contributed by atoms with Crippen LogP contribution in [0.2, 0.25) is 0 Å². The fourth-order valence-corrected chi connectivity index (χ4v) is 3.24. The van der Waals surface area contributed by atoms with Crippen molar-refractivity contribution in [3.63, 3.8) is 0 Å². The first-order valence-electron chi connectivity index (χ1n) is 7.75. The van der Waals surface area contributed by atoms with Crippen LogP contribution in [0.4, 0.5) is 0 Å². The van der Waals surface area contributed by atoms with Gasteiger partial charge >= 0.3 is 0 Å². The van der Waals surface area contributed by atoms with Crippen LogP contribution in [0, 0.1) is 0 Å². The molecule has 0 fully saturated rings. The van der Waals surface area contributed by atoms with E-state index in [1.165, 1.54) is 0 Å². The molecule has 2 heterocycles. The lowest BCUT2D eigenvalue weighted by atomic mass is 9.77. The van der Waals surface area contributed by atoms with Gasteiger partial charge in [-0.1, -0.05) is 36.4 Å². The highest BCUT2D eigenvalue weighted by Crippen LogP contribution is 2.42. The largest absolute Gasteiger partial charge is 0.470 e. The second-order valence-electron chi connectivity index (χ2n) is 6.21. The van der Waals surface area contributed by atoms with E-state index < -0.39 is 5.41 Å². The Hall–Kier alpha value is -2.33. The molecule has 0 amide bonds. The molecular formula is C19H21NO3. The molecule has 1 aromatic heterocycles. The van der Waals surface area contributed by atoms with Crippen LogP contribution in [-0.4, -0.2) is 22.8 Å². The van der Waals surface area contributed by atoms with Crippen molar-refractivity contribution in [2.45, 2.75) is 32.3 Å². The lowest BCUT2D eigenvalue weighted by molar-refractivity contribution is 0.120. The van der Waals surface area contributed by atoms with Crippen molar-refractivity contribution in [2.24, 2.45) is 0 Å². The minimum atomic E-state index is -0.760. The number of pyridine rings is 1. The molecule has 1 aliphatic rings. The zero-order valence-corrected chi connectivity index (χ0v) is 13.6. The Morgan fingerprint density at radius 1 is 1.39 bits per heavy atom. The van der Waals surface area contributed by atoms with Crippen LogP contribution in [0.5, 0.6) is 5.88 Å². The van der Waals surface area contributed by atoms with Gasteiger partial charge in [0.05, 0.1) is 17.6 Å². The summed E-state index contributed by atoms with van der Waals surface area (Å²) >= 11 is 0. The monoisotopic (exact) mass is 311 g/mol. The number of allylic oxidation sites excluding steroid dienone is 1. The number of aliphatic hydroxyl groups is 1. The summed E-state index contributed by atoms with van der Waals surface area (Å²) in [5.74, 6) is 0.456. The zero-order chi connectivity index (χ0) is 16.6. The third kappa shape index (κ3) is 2.30. The van der Waals surface area contributed by atoms with Gasteiger partial charge in [0.2, 0.25) is 0 Å². The summed E-state index contributed by atoms with van der Waals surface area (Å²) in [6, 6.07) is 9.51. The number of H-pyrrole nitrogens is 1. The topological polar surface area (TPSA) is 62.3 Å². The highest BCUT2D eigenvalue weighted by Gasteiger charge is 2.48. The standard InChI is InChI=1S/C19H21NO3/c1-4-12(2)17-19(3,11-21)15-16(22)14(10-20-18(15)23-17)13-8-6-5-7-9-13/h4-10,17,21H,11H2,1-3H3,(H,20,22)/b12-4+/t17-,19-/m0/s1. The van der Waals surface area contributed by atoms with Gasteiger partial charge in [-0.25, -0.2) is 0 Å². The number of hydrogen-bond donors (Lipinski definition) is 2. The Bertz CT molecular complexity index is 807. The number of ether oxygens (including phenoxy) is 1. The first-order valence-corrected chi connectivity index (χ1v) is 7.75. The van der Waals surface area contributed by atoms with E-state index in [4.69, 9.17) is 4.74 Å². The van der Waals surface area contributed by atoms with E-state index in [0.717, 1.165) is 11.1 Å². The van der Waals surface area contributed by atoms with Gasteiger partial charge in [-0.2, -0.15) is 0 Å². The maximum atomic E-state index is 13.1. The van der Waals surface area contributed by atoms with Crippen molar-refractivity contribution in [3.05, 3.63) is 64.0 Å². The van der Waals surface area contributed by atoms with Crippen LogP contribution in [0.25, 0.3) is 11.1 Å².